The fourth-order valence-electron chi connectivity index (χ4n) is 1.38. The molecule has 0 aliphatic heterocycles. The minimum absolute atomic E-state index is 0.206. The van der Waals surface area contributed by atoms with Crippen LogP contribution in [0.2, 0.25) is 0 Å². The van der Waals surface area contributed by atoms with Gasteiger partial charge in [-0.2, -0.15) is 0 Å². The molecule has 0 saturated carbocycles. The van der Waals surface area contributed by atoms with Crippen LogP contribution in [0.15, 0.2) is 41.1 Å². The number of hydrogen-bond acceptors (Lipinski definition) is 3. The van der Waals surface area contributed by atoms with Crippen LogP contribution >= 0.6 is 15.9 Å². The van der Waals surface area contributed by atoms with Gasteiger partial charge in [-0.05, 0) is 34.1 Å². The SMILES string of the molecule is COc1cc(Nc2cncc(Br)c2)ccc1F. The third-order valence-corrected chi connectivity index (χ3v) is 2.58. The highest BCUT2D eigenvalue weighted by Gasteiger charge is 2.03. The van der Waals surface area contributed by atoms with Gasteiger partial charge >= 0.3 is 0 Å². The number of ether oxygens (including phenoxy) is 1. The standard InChI is InChI=1S/C12H10BrFN2O/c1-17-12-5-9(2-3-11(12)14)16-10-4-8(13)6-15-7-10/h2-7,16H,1H3. The van der Waals surface area contributed by atoms with Crippen molar-refractivity contribution in [3.63, 3.8) is 0 Å². The Morgan fingerprint density at radius 1 is 1.24 bits per heavy atom. The van der Waals surface area contributed by atoms with Crippen LogP contribution in [-0.4, -0.2) is 12.1 Å². The van der Waals surface area contributed by atoms with E-state index < -0.39 is 0 Å². The Balaban J connectivity index is 2.24. The minimum Gasteiger partial charge on any atom is -0.494 e. The molecule has 0 saturated heterocycles. The molecule has 1 heterocycles. The Labute approximate surface area is 107 Å². The highest BCUT2D eigenvalue weighted by atomic mass is 79.9. The number of methoxy groups -OCH3 is 1. The predicted molar refractivity (Wildman–Crippen MR) is 68.2 cm³/mol. The molecule has 2 aromatic rings. The summed E-state index contributed by atoms with van der Waals surface area (Å²) >= 11 is 3.33. The molecule has 0 aliphatic rings. The zero-order chi connectivity index (χ0) is 12.3. The van der Waals surface area contributed by atoms with Crippen LogP contribution in [0.1, 0.15) is 0 Å². The van der Waals surface area contributed by atoms with Crippen molar-refractivity contribution >= 4 is 27.3 Å². The van der Waals surface area contributed by atoms with Crippen molar-refractivity contribution in [3.05, 3.63) is 46.9 Å². The maximum Gasteiger partial charge on any atom is 0.165 e. The van der Waals surface area contributed by atoms with E-state index in [1.807, 2.05) is 6.07 Å². The van der Waals surface area contributed by atoms with Crippen molar-refractivity contribution < 1.29 is 9.13 Å². The van der Waals surface area contributed by atoms with E-state index in [1.54, 1.807) is 24.5 Å². The van der Waals surface area contributed by atoms with Crippen molar-refractivity contribution in [2.75, 3.05) is 12.4 Å². The maximum absolute atomic E-state index is 13.2. The summed E-state index contributed by atoms with van der Waals surface area (Å²) in [6.45, 7) is 0. The lowest BCUT2D eigenvalue weighted by molar-refractivity contribution is 0.387. The molecule has 3 nitrogen and oxygen atoms in total. The number of benzene rings is 1. The first-order chi connectivity index (χ1) is 8.19. The number of halogens is 2. The maximum atomic E-state index is 13.2. The van der Waals surface area contributed by atoms with Gasteiger partial charge in [-0.15, -0.1) is 0 Å². The normalized spacial score (nSPS) is 10.1. The monoisotopic (exact) mass is 296 g/mol. The van der Waals surface area contributed by atoms with E-state index >= 15 is 0 Å². The molecular weight excluding hydrogens is 287 g/mol. The molecule has 2 rings (SSSR count). The quantitative estimate of drug-likeness (QED) is 0.937. The van der Waals surface area contributed by atoms with E-state index in [-0.39, 0.29) is 11.6 Å². The summed E-state index contributed by atoms with van der Waals surface area (Å²) in [6.07, 6.45) is 3.37. The molecule has 0 radical (unpaired) electrons. The number of hydrogen-bond donors (Lipinski definition) is 1. The van der Waals surface area contributed by atoms with E-state index in [4.69, 9.17) is 4.74 Å². The van der Waals surface area contributed by atoms with Crippen LogP contribution in [0.4, 0.5) is 15.8 Å². The Bertz CT molecular complexity index is 534. The summed E-state index contributed by atoms with van der Waals surface area (Å²) in [5.74, 6) is -0.177. The van der Waals surface area contributed by atoms with Crippen molar-refractivity contribution in [3.8, 4) is 5.75 Å². The molecule has 0 fully saturated rings. The molecule has 0 unspecified atom stereocenters. The van der Waals surface area contributed by atoms with E-state index in [1.165, 1.54) is 13.2 Å². The second-order valence-electron chi connectivity index (χ2n) is 3.37. The smallest absolute Gasteiger partial charge is 0.165 e. The van der Waals surface area contributed by atoms with Gasteiger partial charge in [0.25, 0.3) is 0 Å². The van der Waals surface area contributed by atoms with Crippen molar-refractivity contribution in [1.29, 1.82) is 0 Å². The van der Waals surface area contributed by atoms with Crippen LogP contribution < -0.4 is 10.1 Å². The van der Waals surface area contributed by atoms with Gasteiger partial charge in [-0.1, -0.05) is 0 Å². The van der Waals surface area contributed by atoms with Gasteiger partial charge in [-0.25, -0.2) is 4.39 Å². The summed E-state index contributed by atoms with van der Waals surface area (Å²) in [6, 6.07) is 6.46. The van der Waals surface area contributed by atoms with E-state index in [0.717, 1.165) is 15.8 Å². The average molecular weight is 297 g/mol. The Hall–Kier alpha value is -1.62. The second-order valence-corrected chi connectivity index (χ2v) is 4.28. The van der Waals surface area contributed by atoms with Gasteiger partial charge in [0, 0.05) is 22.4 Å². The molecule has 0 aliphatic carbocycles. The first kappa shape index (κ1) is 11.9. The molecular formula is C12H10BrFN2O. The molecule has 1 aromatic carbocycles. The molecule has 0 spiro atoms. The molecule has 5 heteroatoms. The summed E-state index contributed by atoms with van der Waals surface area (Å²) in [5.41, 5.74) is 1.55. The molecule has 0 bridgehead atoms. The number of nitrogens with zero attached hydrogens (tertiary/aromatic N) is 1. The van der Waals surface area contributed by atoms with Crippen LogP contribution in [-0.2, 0) is 0 Å². The number of anilines is 2. The van der Waals surface area contributed by atoms with Gasteiger partial charge in [-0.3, -0.25) is 4.98 Å². The summed E-state index contributed by atoms with van der Waals surface area (Å²) < 4.78 is 19.0. The van der Waals surface area contributed by atoms with Crippen molar-refractivity contribution in [1.82, 2.24) is 4.98 Å². The lowest BCUT2D eigenvalue weighted by Gasteiger charge is -2.08. The van der Waals surface area contributed by atoms with Crippen LogP contribution in [0.3, 0.4) is 0 Å². The molecule has 1 aromatic heterocycles. The van der Waals surface area contributed by atoms with Crippen molar-refractivity contribution in [2.45, 2.75) is 0 Å². The number of aromatic nitrogens is 1. The van der Waals surface area contributed by atoms with Gasteiger partial charge in [0.05, 0.1) is 19.0 Å². The van der Waals surface area contributed by atoms with Gasteiger partial charge in [0.15, 0.2) is 11.6 Å². The third kappa shape index (κ3) is 2.94. The van der Waals surface area contributed by atoms with Crippen LogP contribution in [0.25, 0.3) is 0 Å². The van der Waals surface area contributed by atoms with Crippen molar-refractivity contribution in [2.24, 2.45) is 0 Å². The highest BCUT2D eigenvalue weighted by molar-refractivity contribution is 9.10. The number of nitrogens with one attached hydrogen (secondary N) is 1. The van der Waals surface area contributed by atoms with E-state index in [9.17, 15) is 4.39 Å². The largest absolute Gasteiger partial charge is 0.494 e. The first-order valence-electron chi connectivity index (χ1n) is 4.90. The van der Waals surface area contributed by atoms with Gasteiger partial charge in [0.1, 0.15) is 0 Å². The lowest BCUT2D eigenvalue weighted by Crippen LogP contribution is -1.94. The lowest BCUT2D eigenvalue weighted by atomic mass is 10.2. The topological polar surface area (TPSA) is 34.1 Å². The number of pyridine rings is 1. The minimum atomic E-state index is -0.384. The Morgan fingerprint density at radius 3 is 2.76 bits per heavy atom. The third-order valence-electron chi connectivity index (χ3n) is 2.14. The van der Waals surface area contributed by atoms with E-state index in [2.05, 4.69) is 26.2 Å². The summed E-state index contributed by atoms with van der Waals surface area (Å²) in [5, 5.41) is 3.11. The fourth-order valence-corrected chi connectivity index (χ4v) is 1.75. The molecule has 0 amide bonds. The zero-order valence-electron chi connectivity index (χ0n) is 9.08. The van der Waals surface area contributed by atoms with E-state index in [0.29, 0.717) is 0 Å². The molecule has 88 valence electrons. The molecule has 0 atom stereocenters. The van der Waals surface area contributed by atoms with Gasteiger partial charge < -0.3 is 10.1 Å². The first-order valence-corrected chi connectivity index (χ1v) is 5.69. The predicted octanol–water partition coefficient (Wildman–Crippen LogP) is 3.74. The second kappa shape index (κ2) is 5.14. The fraction of sp³-hybridized carbons (Fsp3) is 0.0833. The van der Waals surface area contributed by atoms with Crippen LogP contribution in [0, 0.1) is 5.82 Å². The molecule has 17 heavy (non-hydrogen) atoms. The zero-order valence-corrected chi connectivity index (χ0v) is 10.7. The van der Waals surface area contributed by atoms with Gasteiger partial charge in [0.2, 0.25) is 0 Å². The Kier molecular flexibility index (Phi) is 3.58. The van der Waals surface area contributed by atoms with Crippen LogP contribution in [0.5, 0.6) is 5.75 Å². The average Bonchev–Trinajstić information content (AvgIpc) is 2.32. The Morgan fingerprint density at radius 2 is 2.06 bits per heavy atom. The highest BCUT2D eigenvalue weighted by Crippen LogP contribution is 2.24. The summed E-state index contributed by atoms with van der Waals surface area (Å²) in [4.78, 5) is 4.03. The molecule has 1 N–H and O–H groups in total. The summed E-state index contributed by atoms with van der Waals surface area (Å²) in [7, 11) is 1.43. The number of rotatable bonds is 3.